The van der Waals surface area contributed by atoms with Crippen LogP contribution in [-0.4, -0.2) is 17.0 Å². The average Bonchev–Trinajstić information content (AvgIpc) is 2.86. The topological polar surface area (TPSA) is 80.2 Å². The van der Waals surface area contributed by atoms with Crippen LogP contribution in [0.25, 0.3) is 0 Å². The van der Waals surface area contributed by atoms with E-state index in [1.165, 1.54) is 0 Å². The van der Waals surface area contributed by atoms with Crippen molar-refractivity contribution in [3.8, 4) is 0 Å². The van der Waals surface area contributed by atoms with Crippen LogP contribution in [0.3, 0.4) is 0 Å². The Morgan fingerprint density at radius 2 is 2.10 bits per heavy atom. The fourth-order valence-corrected chi connectivity index (χ4v) is 2.30. The van der Waals surface area contributed by atoms with Crippen LogP contribution in [-0.2, 0) is 13.0 Å². The van der Waals surface area contributed by atoms with Crippen molar-refractivity contribution in [1.29, 1.82) is 0 Å². The number of hydrogen-bond acceptors (Lipinski definition) is 6. The Bertz CT molecular complexity index is 608. The first-order valence-electron chi connectivity index (χ1n) is 7.15. The largest absolute Gasteiger partial charge is 0.469 e. The van der Waals surface area contributed by atoms with Crippen molar-refractivity contribution in [2.45, 2.75) is 40.2 Å². The zero-order chi connectivity index (χ0) is 15.4. The minimum atomic E-state index is 0.680. The molecule has 2 rings (SSSR count). The van der Waals surface area contributed by atoms with E-state index in [2.05, 4.69) is 27.2 Å². The summed E-state index contributed by atoms with van der Waals surface area (Å²) in [5, 5.41) is 0. The Balaban J connectivity index is 2.32. The average molecular weight is 289 g/mol. The summed E-state index contributed by atoms with van der Waals surface area (Å²) in [4.78, 5) is 11.2. The maximum atomic E-state index is 5.57. The predicted octanol–water partition coefficient (Wildman–Crippen LogP) is 2.56. The molecule has 0 aliphatic heterocycles. The van der Waals surface area contributed by atoms with E-state index in [1.807, 2.05) is 27.0 Å². The number of aryl methyl sites for hydroxylation is 2. The van der Waals surface area contributed by atoms with Gasteiger partial charge < -0.3 is 14.7 Å². The van der Waals surface area contributed by atoms with Gasteiger partial charge in [-0.3, -0.25) is 0 Å². The highest BCUT2D eigenvalue weighted by Crippen LogP contribution is 2.24. The van der Waals surface area contributed by atoms with E-state index in [0.29, 0.717) is 5.82 Å². The SMILES string of the molecule is CCCc1nc(NN)c(C)c(N(C)Cc2ccoc2C)n1. The van der Waals surface area contributed by atoms with Gasteiger partial charge in [-0.05, 0) is 26.3 Å². The molecule has 0 saturated heterocycles. The second-order valence-electron chi connectivity index (χ2n) is 5.19. The molecule has 0 aliphatic rings. The van der Waals surface area contributed by atoms with Crippen molar-refractivity contribution >= 4 is 11.6 Å². The number of nitrogens with zero attached hydrogens (tertiary/aromatic N) is 3. The zero-order valence-electron chi connectivity index (χ0n) is 13.1. The molecular weight excluding hydrogens is 266 g/mol. The molecule has 0 fully saturated rings. The lowest BCUT2D eigenvalue weighted by Crippen LogP contribution is -2.22. The van der Waals surface area contributed by atoms with E-state index in [4.69, 9.17) is 10.3 Å². The Morgan fingerprint density at radius 1 is 1.33 bits per heavy atom. The molecular formula is C15H23N5O. The van der Waals surface area contributed by atoms with Crippen LogP contribution in [0.15, 0.2) is 16.7 Å². The summed E-state index contributed by atoms with van der Waals surface area (Å²) in [6.07, 6.45) is 3.54. The number of aromatic nitrogens is 2. The van der Waals surface area contributed by atoms with Crippen LogP contribution >= 0.6 is 0 Å². The standard InChI is InChI=1S/C15H23N5O/c1-5-6-13-17-14(19-16)10(2)15(18-13)20(4)9-12-7-8-21-11(12)3/h7-8H,5-6,9,16H2,1-4H3,(H,17,18,19). The number of rotatable bonds is 6. The molecule has 2 aromatic heterocycles. The number of nitrogens with two attached hydrogens (primary N) is 1. The van der Waals surface area contributed by atoms with E-state index in [0.717, 1.165) is 47.9 Å². The van der Waals surface area contributed by atoms with E-state index >= 15 is 0 Å². The van der Waals surface area contributed by atoms with Crippen molar-refractivity contribution in [2.24, 2.45) is 5.84 Å². The summed E-state index contributed by atoms with van der Waals surface area (Å²) in [7, 11) is 2.01. The molecule has 21 heavy (non-hydrogen) atoms. The van der Waals surface area contributed by atoms with Gasteiger partial charge in [-0.1, -0.05) is 6.92 Å². The van der Waals surface area contributed by atoms with Gasteiger partial charge in [-0.15, -0.1) is 0 Å². The summed E-state index contributed by atoms with van der Waals surface area (Å²) >= 11 is 0. The molecule has 0 bridgehead atoms. The number of hydrogen-bond donors (Lipinski definition) is 2. The van der Waals surface area contributed by atoms with Gasteiger partial charge in [0.2, 0.25) is 0 Å². The predicted molar refractivity (Wildman–Crippen MR) is 84.1 cm³/mol. The lowest BCUT2D eigenvalue weighted by Gasteiger charge is -2.22. The Hall–Kier alpha value is -2.08. The van der Waals surface area contributed by atoms with Crippen molar-refractivity contribution in [3.63, 3.8) is 0 Å². The van der Waals surface area contributed by atoms with Crippen LogP contribution < -0.4 is 16.2 Å². The van der Waals surface area contributed by atoms with Crippen LogP contribution in [0.4, 0.5) is 11.6 Å². The number of nitrogens with one attached hydrogen (secondary N) is 1. The van der Waals surface area contributed by atoms with Crippen molar-refractivity contribution < 1.29 is 4.42 Å². The van der Waals surface area contributed by atoms with Crippen LogP contribution in [0.2, 0.25) is 0 Å². The number of hydrazine groups is 1. The van der Waals surface area contributed by atoms with Crippen molar-refractivity contribution in [3.05, 3.63) is 35.0 Å². The quantitative estimate of drug-likeness (QED) is 0.628. The highest BCUT2D eigenvalue weighted by atomic mass is 16.3. The lowest BCUT2D eigenvalue weighted by molar-refractivity contribution is 0.529. The molecule has 6 nitrogen and oxygen atoms in total. The van der Waals surface area contributed by atoms with Gasteiger partial charge in [0.1, 0.15) is 23.2 Å². The Kier molecular flexibility index (Phi) is 4.80. The molecule has 114 valence electrons. The number of anilines is 2. The van der Waals surface area contributed by atoms with E-state index < -0.39 is 0 Å². The molecule has 3 N–H and O–H groups in total. The third-order valence-electron chi connectivity index (χ3n) is 3.51. The fraction of sp³-hybridized carbons (Fsp3) is 0.467. The summed E-state index contributed by atoms with van der Waals surface area (Å²) in [6, 6.07) is 1.98. The number of nitrogen functional groups attached to an aromatic ring is 1. The van der Waals surface area contributed by atoms with Gasteiger partial charge >= 0.3 is 0 Å². The van der Waals surface area contributed by atoms with Crippen LogP contribution in [0, 0.1) is 13.8 Å². The molecule has 0 saturated carbocycles. The smallest absolute Gasteiger partial charge is 0.148 e. The molecule has 0 aliphatic carbocycles. The third kappa shape index (κ3) is 3.33. The summed E-state index contributed by atoms with van der Waals surface area (Å²) < 4.78 is 5.35. The van der Waals surface area contributed by atoms with Gasteiger partial charge in [0.05, 0.1) is 6.26 Å². The van der Waals surface area contributed by atoms with Crippen LogP contribution in [0.5, 0.6) is 0 Å². The van der Waals surface area contributed by atoms with Gasteiger partial charge in [-0.25, -0.2) is 15.8 Å². The molecule has 0 spiro atoms. The van der Waals surface area contributed by atoms with Crippen molar-refractivity contribution in [2.75, 3.05) is 17.4 Å². The highest BCUT2D eigenvalue weighted by Gasteiger charge is 2.15. The molecule has 0 aromatic carbocycles. The molecule has 2 heterocycles. The van der Waals surface area contributed by atoms with Gasteiger partial charge in [0.15, 0.2) is 0 Å². The lowest BCUT2D eigenvalue weighted by atomic mass is 10.2. The summed E-state index contributed by atoms with van der Waals surface area (Å²) in [5.41, 5.74) is 4.76. The maximum absolute atomic E-state index is 5.57. The molecule has 0 unspecified atom stereocenters. The normalized spacial score (nSPS) is 10.7. The van der Waals surface area contributed by atoms with Gasteiger partial charge in [0.25, 0.3) is 0 Å². The molecule has 0 amide bonds. The first kappa shape index (κ1) is 15.3. The summed E-state index contributed by atoms with van der Waals surface area (Å²) in [5.74, 6) is 8.88. The van der Waals surface area contributed by atoms with Gasteiger partial charge in [0, 0.05) is 31.1 Å². The first-order valence-corrected chi connectivity index (χ1v) is 7.15. The second-order valence-corrected chi connectivity index (χ2v) is 5.19. The second kappa shape index (κ2) is 6.58. The molecule has 0 atom stereocenters. The van der Waals surface area contributed by atoms with Crippen LogP contribution in [0.1, 0.15) is 36.1 Å². The Morgan fingerprint density at radius 3 is 2.67 bits per heavy atom. The molecule has 6 heteroatoms. The first-order chi connectivity index (χ1) is 10.1. The monoisotopic (exact) mass is 289 g/mol. The van der Waals surface area contributed by atoms with E-state index in [1.54, 1.807) is 6.26 Å². The Labute approximate surface area is 125 Å². The maximum Gasteiger partial charge on any atom is 0.148 e. The minimum Gasteiger partial charge on any atom is -0.469 e. The summed E-state index contributed by atoms with van der Waals surface area (Å²) in [6.45, 7) is 6.77. The van der Waals surface area contributed by atoms with Crippen molar-refractivity contribution in [1.82, 2.24) is 9.97 Å². The highest BCUT2D eigenvalue weighted by molar-refractivity contribution is 5.58. The van der Waals surface area contributed by atoms with Gasteiger partial charge in [-0.2, -0.15) is 0 Å². The molecule has 2 aromatic rings. The fourth-order valence-electron chi connectivity index (χ4n) is 2.30. The molecule has 0 radical (unpaired) electrons. The zero-order valence-corrected chi connectivity index (χ0v) is 13.1. The third-order valence-corrected chi connectivity index (χ3v) is 3.51. The number of furan rings is 1. The van der Waals surface area contributed by atoms with E-state index in [9.17, 15) is 0 Å². The van der Waals surface area contributed by atoms with E-state index in [-0.39, 0.29) is 0 Å². The minimum absolute atomic E-state index is 0.680.